The average Bonchev–Trinajstić information content (AvgIpc) is 2.38. The summed E-state index contributed by atoms with van der Waals surface area (Å²) in [5, 5.41) is 0. The summed E-state index contributed by atoms with van der Waals surface area (Å²) in [6, 6.07) is 8.93. The molecule has 1 heterocycles. The van der Waals surface area contributed by atoms with Gasteiger partial charge in [-0.25, -0.2) is 0 Å². The molecule has 0 aliphatic carbocycles. The van der Waals surface area contributed by atoms with Crippen LogP contribution in [0.2, 0.25) is 0 Å². The maximum Gasteiger partial charge on any atom is 0.446 e. The molecular formula is C13H9F3N2OS. The summed E-state index contributed by atoms with van der Waals surface area (Å²) in [5.41, 5.74) is 2.28. The minimum atomic E-state index is -4.30. The molecule has 2 N–H and O–H groups in total. The minimum absolute atomic E-state index is 0.106. The van der Waals surface area contributed by atoms with Crippen LogP contribution < -0.4 is 5.73 Å². The Kier molecular flexibility index (Phi) is 3.99. The van der Waals surface area contributed by atoms with Gasteiger partial charge in [0, 0.05) is 16.7 Å². The minimum Gasteiger partial charge on any atom is -0.366 e. The van der Waals surface area contributed by atoms with Crippen LogP contribution in [0, 0.1) is 0 Å². The first-order valence-corrected chi connectivity index (χ1v) is 6.29. The Bertz CT molecular complexity index is 609. The van der Waals surface area contributed by atoms with Crippen molar-refractivity contribution >= 4 is 17.7 Å². The monoisotopic (exact) mass is 298 g/mol. The zero-order valence-corrected chi connectivity index (χ0v) is 10.8. The van der Waals surface area contributed by atoms with E-state index in [0.29, 0.717) is 11.3 Å². The summed E-state index contributed by atoms with van der Waals surface area (Å²) in [6.07, 6.45) is 1.33. The highest BCUT2D eigenvalue weighted by Gasteiger charge is 2.29. The van der Waals surface area contributed by atoms with E-state index in [1.54, 1.807) is 18.2 Å². The van der Waals surface area contributed by atoms with Crippen molar-refractivity contribution in [3.63, 3.8) is 0 Å². The van der Waals surface area contributed by atoms with Crippen LogP contribution in [0.15, 0.2) is 47.5 Å². The molecule has 0 bridgehead atoms. The van der Waals surface area contributed by atoms with E-state index in [0.717, 1.165) is 0 Å². The number of alkyl halides is 3. The number of primary amides is 1. The molecule has 1 aromatic heterocycles. The topological polar surface area (TPSA) is 56.0 Å². The molecule has 0 saturated heterocycles. The fourth-order valence-electron chi connectivity index (χ4n) is 1.54. The first-order chi connectivity index (χ1) is 9.35. The molecule has 1 amide bonds. The molecule has 0 radical (unpaired) electrons. The third kappa shape index (κ3) is 3.74. The fourth-order valence-corrected chi connectivity index (χ4v) is 2.08. The van der Waals surface area contributed by atoms with E-state index in [2.05, 4.69) is 4.98 Å². The summed E-state index contributed by atoms with van der Waals surface area (Å²) < 4.78 is 36.6. The molecule has 1 aromatic carbocycles. The van der Waals surface area contributed by atoms with E-state index in [4.69, 9.17) is 5.73 Å². The van der Waals surface area contributed by atoms with Crippen molar-refractivity contribution < 1.29 is 18.0 Å². The molecule has 104 valence electrons. The number of nitrogens with two attached hydrogens (primary N) is 1. The summed E-state index contributed by atoms with van der Waals surface area (Å²) in [6.45, 7) is 0. The Morgan fingerprint density at radius 1 is 1.10 bits per heavy atom. The highest BCUT2D eigenvalue weighted by molar-refractivity contribution is 8.00. The average molecular weight is 298 g/mol. The molecule has 20 heavy (non-hydrogen) atoms. The van der Waals surface area contributed by atoms with Gasteiger partial charge < -0.3 is 5.73 Å². The Hall–Kier alpha value is -2.02. The first-order valence-electron chi connectivity index (χ1n) is 5.47. The lowest BCUT2D eigenvalue weighted by Gasteiger charge is -2.06. The van der Waals surface area contributed by atoms with Crippen LogP contribution in [0.25, 0.3) is 11.3 Å². The van der Waals surface area contributed by atoms with E-state index in [-0.39, 0.29) is 22.2 Å². The smallest absolute Gasteiger partial charge is 0.366 e. The van der Waals surface area contributed by atoms with Gasteiger partial charge >= 0.3 is 5.51 Å². The number of hydrogen-bond acceptors (Lipinski definition) is 3. The lowest BCUT2D eigenvalue weighted by Crippen LogP contribution is -2.10. The molecular weight excluding hydrogens is 289 g/mol. The van der Waals surface area contributed by atoms with Gasteiger partial charge in [0.15, 0.2) is 0 Å². The number of benzene rings is 1. The van der Waals surface area contributed by atoms with Crippen LogP contribution in [-0.2, 0) is 0 Å². The molecule has 0 aliphatic rings. The predicted octanol–water partition coefficient (Wildman–Crippen LogP) is 3.46. The fraction of sp³-hybridized carbons (Fsp3) is 0.0769. The second-order valence-corrected chi connectivity index (χ2v) is 5.01. The number of aromatic nitrogens is 1. The molecule has 0 atom stereocenters. The second kappa shape index (κ2) is 5.54. The van der Waals surface area contributed by atoms with Gasteiger partial charge in [0.1, 0.15) is 0 Å². The molecule has 0 saturated carbocycles. The van der Waals surface area contributed by atoms with Crippen LogP contribution in [0.4, 0.5) is 13.2 Å². The Morgan fingerprint density at radius 3 is 2.20 bits per heavy atom. The third-order valence-electron chi connectivity index (χ3n) is 2.43. The van der Waals surface area contributed by atoms with Gasteiger partial charge in [0.05, 0.1) is 11.3 Å². The molecule has 2 rings (SSSR count). The summed E-state index contributed by atoms with van der Waals surface area (Å²) >= 11 is -0.171. The number of carbonyl (C=O) groups excluding carboxylic acids is 1. The Labute approximate surface area is 117 Å². The van der Waals surface area contributed by atoms with Crippen LogP contribution in [0.5, 0.6) is 0 Å². The second-order valence-electron chi connectivity index (χ2n) is 3.87. The van der Waals surface area contributed by atoms with Crippen molar-refractivity contribution in [3.05, 3.63) is 48.2 Å². The third-order valence-corrected chi connectivity index (χ3v) is 3.17. The molecule has 2 aromatic rings. The summed E-state index contributed by atoms with van der Waals surface area (Å²) in [7, 11) is 0. The summed E-state index contributed by atoms with van der Waals surface area (Å²) in [5.74, 6) is -0.582. The normalized spacial score (nSPS) is 11.3. The largest absolute Gasteiger partial charge is 0.446 e. The van der Waals surface area contributed by atoms with E-state index in [1.165, 1.54) is 24.4 Å². The number of halogens is 3. The lowest BCUT2D eigenvalue weighted by molar-refractivity contribution is -0.0328. The van der Waals surface area contributed by atoms with Crippen molar-refractivity contribution in [2.24, 2.45) is 5.73 Å². The number of rotatable bonds is 3. The van der Waals surface area contributed by atoms with Crippen molar-refractivity contribution in [1.29, 1.82) is 0 Å². The number of amides is 1. The SMILES string of the molecule is NC(=O)c1ccc(-c2ccc(SC(F)(F)F)cc2)nc1. The molecule has 0 aliphatic heterocycles. The quantitative estimate of drug-likeness (QED) is 0.883. The van der Waals surface area contributed by atoms with E-state index < -0.39 is 11.4 Å². The van der Waals surface area contributed by atoms with Crippen LogP contribution in [0.3, 0.4) is 0 Å². The maximum atomic E-state index is 12.2. The molecule has 3 nitrogen and oxygen atoms in total. The maximum absolute atomic E-state index is 12.2. The van der Waals surface area contributed by atoms with Crippen LogP contribution >= 0.6 is 11.8 Å². The Balaban J connectivity index is 2.19. The number of pyridine rings is 1. The first kappa shape index (κ1) is 14.4. The Morgan fingerprint density at radius 2 is 1.75 bits per heavy atom. The number of hydrogen-bond donors (Lipinski definition) is 1. The number of nitrogens with zero attached hydrogens (tertiary/aromatic N) is 1. The number of carbonyl (C=O) groups is 1. The van der Waals surface area contributed by atoms with Gasteiger partial charge in [0.2, 0.25) is 5.91 Å². The predicted molar refractivity (Wildman–Crippen MR) is 70.1 cm³/mol. The van der Waals surface area contributed by atoms with Gasteiger partial charge in [-0.2, -0.15) is 13.2 Å². The van der Waals surface area contributed by atoms with Gasteiger partial charge in [-0.3, -0.25) is 9.78 Å². The van der Waals surface area contributed by atoms with Gasteiger partial charge in [0.25, 0.3) is 0 Å². The molecule has 7 heteroatoms. The molecule has 0 spiro atoms. The van der Waals surface area contributed by atoms with Gasteiger partial charge in [-0.1, -0.05) is 12.1 Å². The van der Waals surface area contributed by atoms with Crippen LogP contribution in [-0.4, -0.2) is 16.4 Å². The van der Waals surface area contributed by atoms with Crippen LogP contribution in [0.1, 0.15) is 10.4 Å². The standard InChI is InChI=1S/C13H9F3N2OS/c14-13(15,16)20-10-4-1-8(2-5-10)11-6-3-9(7-18-11)12(17)19/h1-7H,(H2,17,19). The molecule has 0 fully saturated rings. The highest BCUT2D eigenvalue weighted by Crippen LogP contribution is 2.37. The van der Waals surface area contributed by atoms with E-state index in [9.17, 15) is 18.0 Å². The van der Waals surface area contributed by atoms with Crippen molar-refractivity contribution in [2.45, 2.75) is 10.4 Å². The van der Waals surface area contributed by atoms with Crippen molar-refractivity contribution in [1.82, 2.24) is 4.98 Å². The van der Waals surface area contributed by atoms with Gasteiger partial charge in [-0.05, 0) is 36.0 Å². The van der Waals surface area contributed by atoms with E-state index >= 15 is 0 Å². The summed E-state index contributed by atoms with van der Waals surface area (Å²) in [4.78, 5) is 15.1. The molecule has 0 unspecified atom stereocenters. The highest BCUT2D eigenvalue weighted by atomic mass is 32.2. The van der Waals surface area contributed by atoms with Crippen molar-refractivity contribution in [3.8, 4) is 11.3 Å². The number of thioether (sulfide) groups is 1. The van der Waals surface area contributed by atoms with Gasteiger partial charge in [-0.15, -0.1) is 0 Å². The zero-order chi connectivity index (χ0) is 14.8. The van der Waals surface area contributed by atoms with E-state index in [1.807, 2.05) is 0 Å². The lowest BCUT2D eigenvalue weighted by atomic mass is 10.1. The van der Waals surface area contributed by atoms with Crippen molar-refractivity contribution in [2.75, 3.05) is 0 Å². The zero-order valence-electron chi connectivity index (χ0n) is 10.0.